The maximum absolute atomic E-state index is 12.7. The first-order valence-electron chi connectivity index (χ1n) is 9.22. The molecule has 0 bridgehead atoms. The van der Waals surface area contributed by atoms with E-state index in [1.54, 1.807) is 4.90 Å². The smallest absolute Gasteiger partial charge is 0.378 e. The van der Waals surface area contributed by atoms with Gasteiger partial charge >= 0.3 is 6.18 Å². The lowest BCUT2D eigenvalue weighted by Crippen LogP contribution is -2.40. The molecule has 2 aliphatic rings. The molecule has 0 aliphatic carbocycles. The first-order valence-corrected chi connectivity index (χ1v) is 9.22. The monoisotopic (exact) mass is 394 g/mol. The van der Waals surface area contributed by atoms with E-state index in [2.05, 4.69) is 10.00 Å². The second-order valence-corrected chi connectivity index (χ2v) is 7.05. The molecule has 0 N–H and O–H groups in total. The van der Waals surface area contributed by atoms with Gasteiger partial charge in [-0.3, -0.25) is 14.4 Å². The molecule has 1 amide bonds. The molecule has 4 rings (SSSR count). The molecule has 0 atom stereocenters. The van der Waals surface area contributed by atoms with Crippen molar-refractivity contribution in [2.24, 2.45) is 0 Å². The van der Waals surface area contributed by atoms with Crippen molar-refractivity contribution < 1.29 is 22.7 Å². The van der Waals surface area contributed by atoms with Crippen LogP contribution in [0.25, 0.3) is 0 Å². The number of halogens is 3. The van der Waals surface area contributed by atoms with Crippen molar-refractivity contribution in [2.75, 3.05) is 32.8 Å². The van der Waals surface area contributed by atoms with Crippen molar-refractivity contribution in [1.82, 2.24) is 19.6 Å². The highest BCUT2D eigenvalue weighted by atomic mass is 19.4. The topological polar surface area (TPSA) is 50.6 Å². The molecule has 9 heteroatoms. The van der Waals surface area contributed by atoms with E-state index in [4.69, 9.17) is 4.74 Å². The number of hydrogen-bond donors (Lipinski definition) is 0. The maximum Gasteiger partial charge on any atom is 0.416 e. The quantitative estimate of drug-likeness (QED) is 0.802. The molecular weight excluding hydrogens is 373 g/mol. The lowest BCUT2D eigenvalue weighted by atomic mass is 10.1. The van der Waals surface area contributed by atoms with Gasteiger partial charge in [-0.15, -0.1) is 0 Å². The molecule has 0 spiro atoms. The largest absolute Gasteiger partial charge is 0.416 e. The van der Waals surface area contributed by atoms with Crippen LogP contribution in [0.4, 0.5) is 13.2 Å². The van der Waals surface area contributed by atoms with Crippen LogP contribution in [0, 0.1) is 0 Å². The van der Waals surface area contributed by atoms with Crippen LogP contribution in [-0.2, 0) is 30.5 Å². The van der Waals surface area contributed by atoms with Gasteiger partial charge in [0.15, 0.2) is 5.69 Å². The standard InChI is InChI=1S/C19H21F3N4O2/c20-19(21,22)15-3-1-14(2-4-15)12-24-5-6-26-16(13-24)11-17(23-26)18(27)25-7-9-28-10-8-25/h1-4,11H,5-10,12-13H2. The summed E-state index contributed by atoms with van der Waals surface area (Å²) in [6.45, 7) is 4.75. The zero-order valence-electron chi connectivity index (χ0n) is 15.3. The van der Waals surface area contributed by atoms with Gasteiger partial charge in [0.05, 0.1) is 31.0 Å². The van der Waals surface area contributed by atoms with Crippen molar-refractivity contribution in [3.63, 3.8) is 0 Å². The van der Waals surface area contributed by atoms with E-state index in [0.717, 1.165) is 29.9 Å². The molecule has 0 saturated carbocycles. The third kappa shape index (κ3) is 4.05. The van der Waals surface area contributed by atoms with Crippen LogP contribution in [0.15, 0.2) is 30.3 Å². The zero-order valence-corrected chi connectivity index (χ0v) is 15.3. The number of ether oxygens (including phenoxy) is 1. The second kappa shape index (κ2) is 7.56. The number of carbonyl (C=O) groups excluding carboxylic acids is 1. The van der Waals surface area contributed by atoms with Gasteiger partial charge in [-0.1, -0.05) is 12.1 Å². The number of hydrogen-bond acceptors (Lipinski definition) is 4. The molecule has 28 heavy (non-hydrogen) atoms. The molecular formula is C19H21F3N4O2. The third-order valence-corrected chi connectivity index (χ3v) is 5.08. The van der Waals surface area contributed by atoms with Crippen LogP contribution in [0.5, 0.6) is 0 Å². The minimum Gasteiger partial charge on any atom is -0.378 e. The van der Waals surface area contributed by atoms with Crippen molar-refractivity contribution >= 4 is 5.91 Å². The van der Waals surface area contributed by atoms with Gasteiger partial charge in [-0.25, -0.2) is 0 Å². The first kappa shape index (κ1) is 18.9. The van der Waals surface area contributed by atoms with Gasteiger partial charge in [0.2, 0.25) is 0 Å². The van der Waals surface area contributed by atoms with Gasteiger partial charge in [-0.2, -0.15) is 18.3 Å². The van der Waals surface area contributed by atoms with Crippen molar-refractivity contribution in [3.8, 4) is 0 Å². The number of aromatic nitrogens is 2. The normalized spacial score (nSPS) is 18.2. The molecule has 0 unspecified atom stereocenters. The highest BCUT2D eigenvalue weighted by Gasteiger charge is 2.30. The number of alkyl halides is 3. The van der Waals surface area contributed by atoms with E-state index < -0.39 is 11.7 Å². The minimum atomic E-state index is -4.32. The zero-order chi connectivity index (χ0) is 19.7. The summed E-state index contributed by atoms with van der Waals surface area (Å²) in [7, 11) is 0. The number of fused-ring (bicyclic) bond motifs is 1. The maximum atomic E-state index is 12.7. The fourth-order valence-corrected chi connectivity index (χ4v) is 3.55. The summed E-state index contributed by atoms with van der Waals surface area (Å²) in [6, 6.07) is 7.08. The Morgan fingerprint density at radius 2 is 1.79 bits per heavy atom. The van der Waals surface area contributed by atoms with E-state index >= 15 is 0 Å². The van der Waals surface area contributed by atoms with Crippen LogP contribution in [-0.4, -0.2) is 58.3 Å². The summed E-state index contributed by atoms with van der Waals surface area (Å²) in [5.74, 6) is -0.0838. The third-order valence-electron chi connectivity index (χ3n) is 5.08. The molecule has 6 nitrogen and oxygen atoms in total. The predicted octanol–water partition coefficient (Wildman–Crippen LogP) is 2.39. The summed E-state index contributed by atoms with van der Waals surface area (Å²) in [5.41, 5.74) is 1.56. The van der Waals surface area contributed by atoms with Crippen molar-refractivity contribution in [1.29, 1.82) is 0 Å². The molecule has 1 fully saturated rings. The van der Waals surface area contributed by atoms with E-state index in [9.17, 15) is 18.0 Å². The number of carbonyl (C=O) groups is 1. The summed E-state index contributed by atoms with van der Waals surface area (Å²) in [6.07, 6.45) is -4.32. The Hall–Kier alpha value is -2.39. The van der Waals surface area contributed by atoms with E-state index in [0.29, 0.717) is 51.6 Å². The minimum absolute atomic E-state index is 0.0838. The predicted molar refractivity (Wildman–Crippen MR) is 94.5 cm³/mol. The summed E-state index contributed by atoms with van der Waals surface area (Å²) >= 11 is 0. The van der Waals surface area contributed by atoms with Gasteiger partial charge in [-0.05, 0) is 23.8 Å². The van der Waals surface area contributed by atoms with Crippen molar-refractivity contribution in [3.05, 3.63) is 52.8 Å². The van der Waals surface area contributed by atoms with Gasteiger partial charge in [0.1, 0.15) is 0 Å². The molecule has 150 valence electrons. The average Bonchev–Trinajstić information content (AvgIpc) is 3.11. The summed E-state index contributed by atoms with van der Waals surface area (Å²) < 4.78 is 45.2. The van der Waals surface area contributed by atoms with Gasteiger partial charge in [0.25, 0.3) is 5.91 Å². The Kier molecular flexibility index (Phi) is 5.11. The SMILES string of the molecule is O=C(c1cc2n(n1)CCN(Cc1ccc(C(F)(F)F)cc1)C2)N1CCOCC1. The first-order chi connectivity index (χ1) is 13.4. The fraction of sp³-hybridized carbons (Fsp3) is 0.474. The summed E-state index contributed by atoms with van der Waals surface area (Å²) in [5, 5.41) is 4.44. The van der Waals surface area contributed by atoms with Crippen LogP contribution < -0.4 is 0 Å². The van der Waals surface area contributed by atoms with E-state index in [1.165, 1.54) is 12.1 Å². The number of rotatable bonds is 3. The average molecular weight is 394 g/mol. The fourth-order valence-electron chi connectivity index (χ4n) is 3.55. The van der Waals surface area contributed by atoms with Gasteiger partial charge < -0.3 is 9.64 Å². The van der Waals surface area contributed by atoms with Crippen LogP contribution in [0.3, 0.4) is 0 Å². The highest BCUT2D eigenvalue weighted by molar-refractivity contribution is 5.92. The van der Waals surface area contributed by atoms with Crippen LogP contribution >= 0.6 is 0 Å². The molecule has 2 aromatic rings. The molecule has 1 aromatic carbocycles. The summed E-state index contributed by atoms with van der Waals surface area (Å²) in [4.78, 5) is 16.5. The van der Waals surface area contributed by atoms with Crippen LogP contribution in [0.2, 0.25) is 0 Å². The Balaban J connectivity index is 1.41. The Morgan fingerprint density at radius 3 is 2.46 bits per heavy atom. The Morgan fingerprint density at radius 1 is 1.07 bits per heavy atom. The molecule has 2 aliphatic heterocycles. The van der Waals surface area contributed by atoms with Crippen LogP contribution in [0.1, 0.15) is 27.3 Å². The second-order valence-electron chi connectivity index (χ2n) is 7.05. The molecule has 1 saturated heterocycles. The molecule has 1 aromatic heterocycles. The Bertz CT molecular complexity index is 842. The molecule has 3 heterocycles. The highest BCUT2D eigenvalue weighted by Crippen LogP contribution is 2.29. The van der Waals surface area contributed by atoms with Crippen molar-refractivity contribution in [2.45, 2.75) is 25.8 Å². The van der Waals surface area contributed by atoms with E-state index in [-0.39, 0.29) is 5.91 Å². The number of amides is 1. The lowest BCUT2D eigenvalue weighted by molar-refractivity contribution is -0.137. The number of morpholine rings is 1. The molecule has 0 radical (unpaired) electrons. The number of benzene rings is 1. The lowest BCUT2D eigenvalue weighted by Gasteiger charge is -2.27. The van der Waals surface area contributed by atoms with Gasteiger partial charge in [0, 0.05) is 32.7 Å². The van der Waals surface area contributed by atoms with E-state index in [1.807, 2.05) is 10.7 Å². The Labute approximate surface area is 160 Å². The number of nitrogens with zero attached hydrogens (tertiary/aromatic N) is 4.